The SMILES string of the molecule is CC(=O)SC1CN(c2nc(C(=O)[N+](C)(C(N)=O)C(C)C)cs2)C1. The molecule has 7 nitrogen and oxygen atoms in total. The van der Waals surface area contributed by atoms with Crippen molar-refractivity contribution >= 4 is 45.3 Å². The molecule has 2 N–H and O–H groups in total. The molecular weight excluding hydrogens is 336 g/mol. The zero-order valence-electron chi connectivity index (χ0n) is 13.6. The van der Waals surface area contributed by atoms with E-state index in [2.05, 4.69) is 4.98 Å². The van der Waals surface area contributed by atoms with Gasteiger partial charge in [0.1, 0.15) is 0 Å². The summed E-state index contributed by atoms with van der Waals surface area (Å²) in [5.74, 6) is -0.398. The van der Waals surface area contributed by atoms with Crippen molar-refractivity contribution in [2.75, 3.05) is 25.0 Å². The van der Waals surface area contributed by atoms with Crippen molar-refractivity contribution in [3.05, 3.63) is 11.1 Å². The minimum Gasteiger partial charge on any atom is -0.346 e. The van der Waals surface area contributed by atoms with E-state index >= 15 is 0 Å². The number of nitrogens with two attached hydrogens (primary N) is 1. The highest BCUT2D eigenvalue weighted by Crippen LogP contribution is 2.31. The summed E-state index contributed by atoms with van der Waals surface area (Å²) in [6.07, 6.45) is 0. The molecule has 3 amide bonds. The predicted molar refractivity (Wildman–Crippen MR) is 91.6 cm³/mol. The summed E-state index contributed by atoms with van der Waals surface area (Å²) < 4.78 is -0.508. The fourth-order valence-corrected chi connectivity index (χ4v) is 4.04. The highest BCUT2D eigenvalue weighted by molar-refractivity contribution is 8.14. The van der Waals surface area contributed by atoms with Gasteiger partial charge < -0.3 is 10.6 Å². The number of urea groups is 1. The maximum absolute atomic E-state index is 12.6. The van der Waals surface area contributed by atoms with Crippen LogP contribution in [-0.4, -0.2) is 57.9 Å². The molecule has 126 valence electrons. The molecule has 23 heavy (non-hydrogen) atoms. The molecule has 0 bridgehead atoms. The van der Waals surface area contributed by atoms with Gasteiger partial charge in [-0.3, -0.25) is 4.79 Å². The molecule has 0 aliphatic carbocycles. The number of anilines is 1. The third-order valence-electron chi connectivity index (χ3n) is 4.07. The predicted octanol–water partition coefficient (Wildman–Crippen LogP) is 1.69. The van der Waals surface area contributed by atoms with E-state index in [1.54, 1.807) is 26.2 Å². The first-order valence-corrected chi connectivity index (χ1v) is 9.01. The van der Waals surface area contributed by atoms with Crippen LogP contribution in [0.25, 0.3) is 0 Å². The molecule has 0 aromatic carbocycles. The Morgan fingerprint density at radius 2 is 2.04 bits per heavy atom. The molecule has 9 heteroatoms. The summed E-state index contributed by atoms with van der Waals surface area (Å²) in [6, 6.07) is -0.966. The molecule has 1 aliphatic rings. The molecule has 1 aromatic rings. The number of primary amides is 1. The summed E-state index contributed by atoms with van der Waals surface area (Å²) in [4.78, 5) is 41.8. The van der Waals surface area contributed by atoms with Gasteiger partial charge in [-0.1, -0.05) is 11.8 Å². The van der Waals surface area contributed by atoms with Gasteiger partial charge >= 0.3 is 11.9 Å². The van der Waals surface area contributed by atoms with Crippen LogP contribution in [0.15, 0.2) is 5.38 Å². The lowest BCUT2D eigenvalue weighted by atomic mass is 10.2. The van der Waals surface area contributed by atoms with E-state index in [0.29, 0.717) is 0 Å². The Balaban J connectivity index is 2.09. The first-order chi connectivity index (χ1) is 10.7. The zero-order valence-corrected chi connectivity index (χ0v) is 15.2. The van der Waals surface area contributed by atoms with E-state index < -0.39 is 16.4 Å². The zero-order chi connectivity index (χ0) is 17.4. The minimum atomic E-state index is -0.693. The smallest absolute Gasteiger partial charge is 0.346 e. The Bertz CT molecular complexity index is 640. The second-order valence-electron chi connectivity index (χ2n) is 5.96. The highest BCUT2D eigenvalue weighted by Gasteiger charge is 2.44. The lowest BCUT2D eigenvalue weighted by Gasteiger charge is -2.37. The van der Waals surface area contributed by atoms with Crippen molar-refractivity contribution in [1.82, 2.24) is 4.98 Å². The van der Waals surface area contributed by atoms with Gasteiger partial charge in [0.15, 0.2) is 15.9 Å². The normalized spacial score (nSPS) is 17.7. The second kappa shape index (κ2) is 6.58. The molecule has 2 rings (SSSR count). The molecule has 1 aliphatic heterocycles. The van der Waals surface area contributed by atoms with E-state index in [4.69, 9.17) is 5.73 Å². The third-order valence-corrected chi connectivity index (χ3v) is 5.94. The van der Waals surface area contributed by atoms with E-state index in [0.717, 1.165) is 18.2 Å². The Labute approximate surface area is 143 Å². The number of nitrogens with zero attached hydrogens (tertiary/aromatic N) is 3. The van der Waals surface area contributed by atoms with Gasteiger partial charge in [0, 0.05) is 30.6 Å². The fourth-order valence-electron chi connectivity index (χ4n) is 2.24. The van der Waals surface area contributed by atoms with Crippen LogP contribution in [-0.2, 0) is 4.79 Å². The van der Waals surface area contributed by atoms with Gasteiger partial charge in [0.05, 0.1) is 13.1 Å². The Hall–Kier alpha value is -1.45. The van der Waals surface area contributed by atoms with Crippen molar-refractivity contribution in [2.24, 2.45) is 5.73 Å². The average Bonchev–Trinajstić information content (AvgIpc) is 2.88. The molecule has 0 saturated carbocycles. The number of aromatic nitrogens is 1. The molecule has 1 aromatic heterocycles. The number of carbonyl (C=O) groups excluding carboxylic acids is 3. The van der Waals surface area contributed by atoms with Crippen molar-refractivity contribution in [1.29, 1.82) is 0 Å². The number of hydrogen-bond donors (Lipinski definition) is 1. The lowest BCUT2D eigenvalue weighted by Crippen LogP contribution is -2.60. The molecule has 1 unspecified atom stereocenters. The van der Waals surface area contributed by atoms with Crippen molar-refractivity contribution in [2.45, 2.75) is 32.1 Å². The van der Waals surface area contributed by atoms with Gasteiger partial charge in [-0.25, -0.2) is 14.6 Å². The van der Waals surface area contributed by atoms with Crippen LogP contribution in [0.5, 0.6) is 0 Å². The van der Waals surface area contributed by atoms with Crippen LogP contribution in [0, 0.1) is 0 Å². The largest absolute Gasteiger partial charge is 0.421 e. The Morgan fingerprint density at radius 3 is 2.52 bits per heavy atom. The number of imide groups is 1. The summed E-state index contributed by atoms with van der Waals surface area (Å²) >= 11 is 2.69. The van der Waals surface area contributed by atoms with Crippen LogP contribution in [0.2, 0.25) is 0 Å². The van der Waals surface area contributed by atoms with Crippen LogP contribution in [0.4, 0.5) is 9.93 Å². The average molecular weight is 357 g/mol. The number of thioether (sulfide) groups is 1. The van der Waals surface area contributed by atoms with Crippen molar-refractivity contribution in [3.63, 3.8) is 0 Å². The van der Waals surface area contributed by atoms with Gasteiger partial charge in [-0.2, -0.15) is 4.48 Å². The molecule has 0 radical (unpaired) electrons. The van der Waals surface area contributed by atoms with E-state index in [1.807, 2.05) is 4.90 Å². The summed E-state index contributed by atoms with van der Waals surface area (Å²) in [5.41, 5.74) is 5.67. The second-order valence-corrected chi connectivity index (χ2v) is 8.28. The summed E-state index contributed by atoms with van der Waals surface area (Å²) in [5, 5.41) is 2.77. The Kier molecular flexibility index (Phi) is 5.12. The maximum Gasteiger partial charge on any atom is 0.421 e. The van der Waals surface area contributed by atoms with E-state index in [-0.39, 0.29) is 22.1 Å². The van der Waals surface area contributed by atoms with Gasteiger partial charge in [0.25, 0.3) is 0 Å². The van der Waals surface area contributed by atoms with E-state index in [9.17, 15) is 14.4 Å². The highest BCUT2D eigenvalue weighted by atomic mass is 32.2. The third kappa shape index (κ3) is 3.41. The molecular formula is C14H21N4O3S2+. The quantitative estimate of drug-likeness (QED) is 0.824. The maximum atomic E-state index is 12.6. The molecule has 1 fully saturated rings. The monoisotopic (exact) mass is 357 g/mol. The standard InChI is InChI=1S/C14H20N4O3S2/c1-8(2)18(4,13(15)21)12(20)11-7-22-14(16-11)17-5-10(6-17)23-9(3)19/h7-8,10H,5-6H2,1-4H3,(H-,15,21)/p+1. The van der Waals surface area contributed by atoms with Gasteiger partial charge in [0.2, 0.25) is 0 Å². The fraction of sp³-hybridized carbons (Fsp3) is 0.571. The van der Waals surface area contributed by atoms with Gasteiger partial charge in [-0.15, -0.1) is 11.3 Å². The summed E-state index contributed by atoms with van der Waals surface area (Å²) in [7, 11) is 1.51. The first-order valence-electron chi connectivity index (χ1n) is 7.25. The molecule has 0 spiro atoms. The van der Waals surface area contributed by atoms with Crippen molar-refractivity contribution < 1.29 is 18.9 Å². The van der Waals surface area contributed by atoms with Crippen LogP contribution >= 0.6 is 23.1 Å². The molecule has 1 atom stereocenters. The van der Waals surface area contributed by atoms with Gasteiger partial charge in [-0.05, 0) is 13.8 Å². The Morgan fingerprint density at radius 1 is 1.43 bits per heavy atom. The number of hydrogen-bond acceptors (Lipinski definition) is 7. The first kappa shape index (κ1) is 17.9. The number of thiazole rings is 1. The number of quaternary nitrogens is 1. The van der Waals surface area contributed by atoms with Crippen LogP contribution in [0.3, 0.4) is 0 Å². The topological polar surface area (TPSA) is 93.4 Å². The number of carbonyl (C=O) groups is 3. The lowest BCUT2D eigenvalue weighted by molar-refractivity contribution is -0.768. The number of amides is 3. The molecule has 1 saturated heterocycles. The summed E-state index contributed by atoms with van der Waals surface area (Å²) in [6.45, 7) is 6.57. The van der Waals surface area contributed by atoms with Crippen LogP contribution < -0.4 is 10.6 Å². The van der Waals surface area contributed by atoms with E-state index in [1.165, 1.54) is 30.1 Å². The minimum absolute atomic E-state index is 0.108. The molecule has 2 heterocycles. The number of rotatable bonds is 4. The van der Waals surface area contributed by atoms with Crippen molar-refractivity contribution in [3.8, 4) is 0 Å². The van der Waals surface area contributed by atoms with Crippen LogP contribution in [0.1, 0.15) is 31.3 Å².